The Kier molecular flexibility index (Phi) is 6.84. The summed E-state index contributed by atoms with van der Waals surface area (Å²) in [5.74, 6) is 2.67. The van der Waals surface area contributed by atoms with Crippen molar-refractivity contribution < 1.29 is 4.74 Å². The number of ether oxygens (including phenoxy) is 1. The molecule has 0 fully saturated rings. The molecular weight excluding hydrogens is 112 g/mol. The van der Waals surface area contributed by atoms with Crippen molar-refractivity contribution in [3.8, 4) is 12.0 Å². The fourth-order valence-corrected chi connectivity index (χ4v) is 0.547. The third-order valence-corrected chi connectivity index (χ3v) is 1.02. The fourth-order valence-electron chi connectivity index (χ4n) is 0.547. The van der Waals surface area contributed by atoms with Crippen LogP contribution < -0.4 is 0 Å². The van der Waals surface area contributed by atoms with Crippen LogP contribution >= 0.6 is 0 Å². The molecule has 0 unspecified atom stereocenters. The Morgan fingerprint density at radius 1 is 1.33 bits per heavy atom. The Bertz CT molecular complexity index is 96.9. The first-order chi connectivity index (χ1) is 4.41. The van der Waals surface area contributed by atoms with Crippen LogP contribution in [0.3, 0.4) is 0 Å². The molecule has 0 N–H and O–H groups in total. The lowest BCUT2D eigenvalue weighted by atomic mass is 10.3. The van der Waals surface area contributed by atoms with E-state index in [-0.39, 0.29) is 0 Å². The van der Waals surface area contributed by atoms with Crippen molar-refractivity contribution >= 4 is 0 Å². The van der Waals surface area contributed by atoms with Crippen LogP contribution in [0.1, 0.15) is 33.1 Å². The van der Waals surface area contributed by atoms with Crippen LogP contribution in [-0.4, -0.2) is 6.61 Å². The predicted octanol–water partition coefficient (Wildman–Crippen LogP) is 2.17. The van der Waals surface area contributed by atoms with E-state index < -0.39 is 0 Å². The molecule has 0 saturated carbocycles. The summed E-state index contributed by atoms with van der Waals surface area (Å²) in [5, 5.41) is 0. The highest BCUT2D eigenvalue weighted by molar-refractivity contribution is 4.84. The van der Waals surface area contributed by atoms with E-state index in [1.165, 1.54) is 12.8 Å². The minimum atomic E-state index is 0.786. The molecule has 52 valence electrons. The molecule has 0 saturated heterocycles. The van der Waals surface area contributed by atoms with Crippen LogP contribution in [0, 0.1) is 12.0 Å². The number of rotatable bonds is 4. The second kappa shape index (κ2) is 7.36. The van der Waals surface area contributed by atoms with Gasteiger partial charge in [-0.15, -0.1) is 0 Å². The lowest BCUT2D eigenvalue weighted by Crippen LogP contribution is -1.86. The molecule has 0 aliphatic carbocycles. The molecule has 0 aromatic rings. The highest BCUT2D eigenvalue weighted by Crippen LogP contribution is 1.92. The highest BCUT2D eigenvalue weighted by atomic mass is 16.5. The Balaban J connectivity index is 2.80. The second-order valence-corrected chi connectivity index (χ2v) is 1.91. The van der Waals surface area contributed by atoms with Crippen molar-refractivity contribution in [2.45, 2.75) is 33.1 Å². The zero-order valence-electron chi connectivity index (χ0n) is 6.24. The Morgan fingerprint density at radius 2 is 2.11 bits per heavy atom. The van der Waals surface area contributed by atoms with E-state index >= 15 is 0 Å². The van der Waals surface area contributed by atoms with Gasteiger partial charge >= 0.3 is 0 Å². The average Bonchev–Trinajstić information content (AvgIpc) is 1.89. The first-order valence-corrected chi connectivity index (χ1v) is 3.45. The fraction of sp³-hybridized carbons (Fsp3) is 0.750. The van der Waals surface area contributed by atoms with Crippen LogP contribution in [0.2, 0.25) is 0 Å². The highest BCUT2D eigenvalue weighted by Gasteiger charge is 1.82. The first kappa shape index (κ1) is 8.36. The van der Waals surface area contributed by atoms with Crippen LogP contribution in [0.15, 0.2) is 0 Å². The van der Waals surface area contributed by atoms with Gasteiger partial charge in [0.25, 0.3) is 0 Å². The molecule has 0 radical (unpaired) electrons. The van der Waals surface area contributed by atoms with E-state index in [2.05, 4.69) is 19.0 Å². The molecule has 0 rings (SSSR count). The van der Waals surface area contributed by atoms with Crippen molar-refractivity contribution in [3.63, 3.8) is 0 Å². The minimum Gasteiger partial charge on any atom is -0.447 e. The van der Waals surface area contributed by atoms with Gasteiger partial charge in [0.2, 0.25) is 0 Å². The van der Waals surface area contributed by atoms with E-state index in [0.29, 0.717) is 0 Å². The number of hydrogen-bond donors (Lipinski definition) is 0. The average molecular weight is 126 g/mol. The summed E-state index contributed by atoms with van der Waals surface area (Å²) in [4.78, 5) is 0. The van der Waals surface area contributed by atoms with Crippen molar-refractivity contribution in [3.05, 3.63) is 0 Å². The smallest absolute Gasteiger partial charge is 0.109 e. The molecular formula is C8H14O. The summed E-state index contributed by atoms with van der Waals surface area (Å²) in [6, 6.07) is 0. The summed E-state index contributed by atoms with van der Waals surface area (Å²) in [6.45, 7) is 4.74. The largest absolute Gasteiger partial charge is 0.447 e. The summed E-state index contributed by atoms with van der Waals surface area (Å²) in [5.41, 5.74) is 0. The SMILES string of the molecule is CC#COCCCCC. The molecule has 0 aliphatic rings. The van der Waals surface area contributed by atoms with Gasteiger partial charge in [-0.3, -0.25) is 0 Å². The van der Waals surface area contributed by atoms with Crippen molar-refractivity contribution in [1.82, 2.24) is 0 Å². The normalized spacial score (nSPS) is 7.78. The second-order valence-electron chi connectivity index (χ2n) is 1.91. The maximum absolute atomic E-state index is 4.92. The van der Waals surface area contributed by atoms with E-state index in [1.807, 2.05) is 0 Å². The molecule has 0 bridgehead atoms. The third-order valence-electron chi connectivity index (χ3n) is 1.02. The van der Waals surface area contributed by atoms with E-state index in [1.54, 1.807) is 6.92 Å². The molecule has 0 spiro atoms. The van der Waals surface area contributed by atoms with Crippen molar-refractivity contribution in [1.29, 1.82) is 0 Å². The van der Waals surface area contributed by atoms with E-state index in [4.69, 9.17) is 4.74 Å². The Hall–Kier alpha value is -0.640. The first-order valence-electron chi connectivity index (χ1n) is 3.45. The van der Waals surface area contributed by atoms with Gasteiger partial charge in [-0.25, -0.2) is 0 Å². The predicted molar refractivity (Wildman–Crippen MR) is 38.9 cm³/mol. The third kappa shape index (κ3) is 7.36. The standard InChI is InChI=1S/C8H14O/c1-3-5-6-8-9-7-4-2/h3,5-6,8H2,1-2H3. The number of unbranched alkanes of at least 4 members (excludes halogenated alkanes) is 2. The Morgan fingerprint density at radius 3 is 2.67 bits per heavy atom. The lowest BCUT2D eigenvalue weighted by molar-refractivity contribution is 0.268. The van der Waals surface area contributed by atoms with Crippen molar-refractivity contribution in [2.24, 2.45) is 0 Å². The molecule has 0 aromatic carbocycles. The summed E-state index contributed by atoms with van der Waals surface area (Å²) < 4.78 is 4.92. The molecule has 9 heavy (non-hydrogen) atoms. The Labute approximate surface area is 57.4 Å². The van der Waals surface area contributed by atoms with Gasteiger partial charge < -0.3 is 4.74 Å². The molecule has 0 aromatic heterocycles. The van der Waals surface area contributed by atoms with Gasteiger partial charge in [-0.2, -0.15) is 0 Å². The van der Waals surface area contributed by atoms with Gasteiger partial charge in [0, 0.05) is 6.92 Å². The summed E-state index contributed by atoms with van der Waals surface area (Å²) >= 11 is 0. The molecule has 1 nitrogen and oxygen atoms in total. The van der Waals surface area contributed by atoms with Gasteiger partial charge in [-0.1, -0.05) is 25.7 Å². The maximum atomic E-state index is 4.92. The monoisotopic (exact) mass is 126 g/mol. The zero-order chi connectivity index (χ0) is 6.95. The summed E-state index contributed by atoms with van der Waals surface area (Å²) in [7, 11) is 0. The minimum absolute atomic E-state index is 0.786. The molecule has 0 aliphatic heterocycles. The van der Waals surface area contributed by atoms with Crippen LogP contribution in [-0.2, 0) is 4.74 Å². The van der Waals surface area contributed by atoms with Crippen LogP contribution in [0.25, 0.3) is 0 Å². The molecule has 0 heterocycles. The van der Waals surface area contributed by atoms with Gasteiger partial charge in [0.15, 0.2) is 0 Å². The quantitative estimate of drug-likeness (QED) is 0.414. The maximum Gasteiger partial charge on any atom is 0.109 e. The van der Waals surface area contributed by atoms with Gasteiger partial charge in [0.05, 0.1) is 0 Å². The molecule has 1 heteroatoms. The molecule has 0 amide bonds. The van der Waals surface area contributed by atoms with Crippen LogP contribution in [0.5, 0.6) is 0 Å². The summed E-state index contributed by atoms with van der Waals surface area (Å²) in [6.07, 6.45) is 6.17. The van der Waals surface area contributed by atoms with E-state index in [0.717, 1.165) is 13.0 Å². The zero-order valence-corrected chi connectivity index (χ0v) is 6.24. The van der Waals surface area contributed by atoms with Crippen molar-refractivity contribution in [2.75, 3.05) is 6.61 Å². The molecule has 0 atom stereocenters. The van der Waals surface area contributed by atoms with Gasteiger partial charge in [0.1, 0.15) is 12.7 Å². The number of hydrogen-bond acceptors (Lipinski definition) is 1. The van der Waals surface area contributed by atoms with Crippen LogP contribution in [0.4, 0.5) is 0 Å². The van der Waals surface area contributed by atoms with Gasteiger partial charge in [-0.05, 0) is 6.42 Å². The lowest BCUT2D eigenvalue weighted by Gasteiger charge is -1.93. The van der Waals surface area contributed by atoms with E-state index in [9.17, 15) is 0 Å². The topological polar surface area (TPSA) is 9.23 Å².